The number of nitrogens with one attached hydrogen (secondary N) is 1. The van der Waals surface area contributed by atoms with Gasteiger partial charge in [0.2, 0.25) is 0 Å². The summed E-state index contributed by atoms with van der Waals surface area (Å²) in [5, 5.41) is 3.63. The number of likely N-dealkylation sites (N-methyl/N-ethyl adjacent to an activating group) is 1. The Kier molecular flexibility index (Phi) is 4.01. The lowest BCUT2D eigenvalue weighted by molar-refractivity contribution is 0.402. The van der Waals surface area contributed by atoms with Gasteiger partial charge in [0.25, 0.3) is 0 Å². The van der Waals surface area contributed by atoms with Crippen molar-refractivity contribution >= 4 is 0 Å². The average Bonchev–Trinajstić information content (AvgIpc) is 2.30. The summed E-state index contributed by atoms with van der Waals surface area (Å²) in [4.78, 5) is 0. The van der Waals surface area contributed by atoms with Crippen LogP contribution in [-0.4, -0.2) is 12.6 Å². The minimum atomic E-state index is 0.572. The van der Waals surface area contributed by atoms with Crippen LogP contribution in [0.25, 0.3) is 0 Å². The molecular weight excluding hydrogens is 206 g/mol. The highest BCUT2D eigenvalue weighted by Crippen LogP contribution is 2.39. The minimum absolute atomic E-state index is 0.572. The molecule has 2 rings (SSSR count). The summed E-state index contributed by atoms with van der Waals surface area (Å²) in [6.07, 6.45) is 3.43. The summed E-state index contributed by atoms with van der Waals surface area (Å²) >= 11 is 0. The van der Waals surface area contributed by atoms with Gasteiger partial charge in [0, 0.05) is 12.0 Å². The standard InChI is InChI=1S/C16H23N/c1-4-12(3)10-16(17-5-2)15-11-13-8-6-7-9-14(13)15/h6-9,15-17H,3-5,10-11H2,1-2H3. The zero-order valence-electron chi connectivity index (χ0n) is 11.0. The zero-order chi connectivity index (χ0) is 12.3. The van der Waals surface area contributed by atoms with Crippen LogP contribution in [0.3, 0.4) is 0 Å². The monoisotopic (exact) mass is 229 g/mol. The van der Waals surface area contributed by atoms with Crippen LogP contribution in [0.4, 0.5) is 0 Å². The normalized spacial score (nSPS) is 19.3. The molecule has 2 unspecified atom stereocenters. The molecule has 1 aromatic carbocycles. The Labute approximate surface area is 105 Å². The van der Waals surface area contributed by atoms with Gasteiger partial charge >= 0.3 is 0 Å². The van der Waals surface area contributed by atoms with E-state index in [1.54, 1.807) is 5.56 Å². The van der Waals surface area contributed by atoms with Crippen molar-refractivity contribution in [1.29, 1.82) is 0 Å². The summed E-state index contributed by atoms with van der Waals surface area (Å²) in [5.41, 5.74) is 4.44. The third-order valence-corrected chi connectivity index (χ3v) is 3.85. The van der Waals surface area contributed by atoms with Crippen LogP contribution in [0.1, 0.15) is 43.7 Å². The van der Waals surface area contributed by atoms with Crippen LogP contribution in [0, 0.1) is 0 Å². The molecule has 1 nitrogen and oxygen atoms in total. The van der Waals surface area contributed by atoms with E-state index in [1.165, 1.54) is 17.6 Å². The third kappa shape index (κ3) is 2.61. The van der Waals surface area contributed by atoms with Crippen molar-refractivity contribution in [3.8, 4) is 0 Å². The molecule has 1 N–H and O–H groups in total. The smallest absolute Gasteiger partial charge is 0.0176 e. The molecule has 1 aliphatic carbocycles. The highest BCUT2D eigenvalue weighted by atomic mass is 14.9. The lowest BCUT2D eigenvalue weighted by Crippen LogP contribution is -2.40. The van der Waals surface area contributed by atoms with E-state index in [9.17, 15) is 0 Å². The first-order valence-electron chi connectivity index (χ1n) is 6.74. The topological polar surface area (TPSA) is 12.0 Å². The second-order valence-corrected chi connectivity index (χ2v) is 4.98. The van der Waals surface area contributed by atoms with Gasteiger partial charge in [0.15, 0.2) is 0 Å². The number of rotatable bonds is 6. The van der Waals surface area contributed by atoms with Crippen molar-refractivity contribution < 1.29 is 0 Å². The Morgan fingerprint density at radius 3 is 2.82 bits per heavy atom. The van der Waals surface area contributed by atoms with E-state index in [0.29, 0.717) is 12.0 Å². The minimum Gasteiger partial charge on any atom is -0.313 e. The highest BCUT2D eigenvalue weighted by molar-refractivity contribution is 5.41. The maximum atomic E-state index is 4.15. The molecule has 17 heavy (non-hydrogen) atoms. The van der Waals surface area contributed by atoms with Crippen LogP contribution >= 0.6 is 0 Å². The van der Waals surface area contributed by atoms with E-state index < -0.39 is 0 Å². The van der Waals surface area contributed by atoms with Gasteiger partial charge in [-0.3, -0.25) is 0 Å². The van der Waals surface area contributed by atoms with Gasteiger partial charge in [-0.1, -0.05) is 50.3 Å². The van der Waals surface area contributed by atoms with Crippen molar-refractivity contribution in [2.24, 2.45) is 0 Å². The zero-order valence-corrected chi connectivity index (χ0v) is 11.0. The van der Waals surface area contributed by atoms with Gasteiger partial charge in [-0.25, -0.2) is 0 Å². The average molecular weight is 229 g/mol. The molecule has 0 spiro atoms. The quantitative estimate of drug-likeness (QED) is 0.734. The molecule has 0 aromatic heterocycles. The van der Waals surface area contributed by atoms with Gasteiger partial charge in [0.1, 0.15) is 0 Å². The summed E-state index contributed by atoms with van der Waals surface area (Å²) in [6, 6.07) is 9.40. The Balaban J connectivity index is 2.06. The predicted molar refractivity (Wildman–Crippen MR) is 74.4 cm³/mol. The van der Waals surface area contributed by atoms with E-state index in [-0.39, 0.29) is 0 Å². The number of fused-ring (bicyclic) bond motifs is 1. The molecule has 2 atom stereocenters. The Morgan fingerprint density at radius 1 is 1.41 bits per heavy atom. The number of hydrogen-bond donors (Lipinski definition) is 1. The van der Waals surface area contributed by atoms with Crippen molar-refractivity contribution in [3.05, 3.63) is 47.5 Å². The molecule has 0 heterocycles. The maximum absolute atomic E-state index is 4.15. The maximum Gasteiger partial charge on any atom is 0.0176 e. The molecule has 1 heteroatoms. The number of benzene rings is 1. The van der Waals surface area contributed by atoms with Gasteiger partial charge in [-0.15, -0.1) is 0 Å². The van der Waals surface area contributed by atoms with E-state index in [1.807, 2.05) is 0 Å². The summed E-state index contributed by atoms with van der Waals surface area (Å²) in [5.74, 6) is 0.689. The van der Waals surface area contributed by atoms with Gasteiger partial charge < -0.3 is 5.32 Å². The van der Waals surface area contributed by atoms with E-state index >= 15 is 0 Å². The largest absolute Gasteiger partial charge is 0.313 e. The fourth-order valence-corrected chi connectivity index (χ4v) is 2.73. The molecule has 92 valence electrons. The molecule has 1 aliphatic rings. The Hall–Kier alpha value is -1.08. The molecule has 0 saturated heterocycles. The molecule has 0 bridgehead atoms. The first kappa shape index (κ1) is 12.4. The van der Waals surface area contributed by atoms with Crippen molar-refractivity contribution in [2.75, 3.05) is 6.54 Å². The van der Waals surface area contributed by atoms with Crippen molar-refractivity contribution in [1.82, 2.24) is 5.32 Å². The van der Waals surface area contributed by atoms with Crippen LogP contribution in [0.2, 0.25) is 0 Å². The van der Waals surface area contributed by atoms with E-state index in [4.69, 9.17) is 0 Å². The van der Waals surface area contributed by atoms with Gasteiger partial charge in [0.05, 0.1) is 0 Å². The fraction of sp³-hybridized carbons (Fsp3) is 0.500. The fourth-order valence-electron chi connectivity index (χ4n) is 2.73. The van der Waals surface area contributed by atoms with Gasteiger partial charge in [-0.2, -0.15) is 0 Å². The summed E-state index contributed by atoms with van der Waals surface area (Å²) in [6.45, 7) is 9.58. The lowest BCUT2D eigenvalue weighted by atomic mass is 9.72. The van der Waals surface area contributed by atoms with Crippen molar-refractivity contribution in [2.45, 2.75) is 45.1 Å². The Morgan fingerprint density at radius 2 is 2.18 bits per heavy atom. The molecule has 0 fully saturated rings. The molecule has 0 aliphatic heterocycles. The van der Waals surface area contributed by atoms with Crippen LogP contribution < -0.4 is 5.32 Å². The molecular formula is C16H23N. The summed E-state index contributed by atoms with van der Waals surface area (Å²) < 4.78 is 0. The highest BCUT2D eigenvalue weighted by Gasteiger charge is 2.32. The van der Waals surface area contributed by atoms with Crippen LogP contribution in [0.5, 0.6) is 0 Å². The van der Waals surface area contributed by atoms with E-state index in [0.717, 1.165) is 19.4 Å². The molecule has 0 amide bonds. The van der Waals surface area contributed by atoms with Crippen LogP contribution in [-0.2, 0) is 6.42 Å². The van der Waals surface area contributed by atoms with Gasteiger partial charge in [-0.05, 0) is 36.9 Å². The molecule has 0 saturated carbocycles. The second-order valence-electron chi connectivity index (χ2n) is 4.98. The summed E-state index contributed by atoms with van der Waals surface area (Å²) in [7, 11) is 0. The number of hydrogen-bond acceptors (Lipinski definition) is 1. The Bertz CT molecular complexity index is 394. The van der Waals surface area contributed by atoms with E-state index in [2.05, 4.69) is 50.0 Å². The second kappa shape index (κ2) is 5.50. The SMILES string of the molecule is C=C(CC)CC(NCC)C1Cc2ccccc21. The van der Waals surface area contributed by atoms with Crippen LogP contribution in [0.15, 0.2) is 36.4 Å². The molecule has 0 radical (unpaired) electrons. The van der Waals surface area contributed by atoms with Crippen molar-refractivity contribution in [3.63, 3.8) is 0 Å². The third-order valence-electron chi connectivity index (χ3n) is 3.85. The predicted octanol–water partition coefficient (Wildman–Crippen LogP) is 3.66. The molecule has 1 aromatic rings. The lowest BCUT2D eigenvalue weighted by Gasteiger charge is -2.37. The first-order chi connectivity index (χ1) is 8.26. The first-order valence-corrected chi connectivity index (χ1v) is 6.74.